The molecule has 2 N–H and O–H groups in total. The van der Waals surface area contributed by atoms with Gasteiger partial charge in [-0.1, -0.05) is 41.4 Å². The minimum atomic E-state index is -0.738. The van der Waals surface area contributed by atoms with Crippen LogP contribution in [-0.2, 0) is 16.1 Å². The van der Waals surface area contributed by atoms with Crippen LogP contribution in [0.1, 0.15) is 23.5 Å². The number of carbonyl (C=O) groups excluding carboxylic acids is 2. The Morgan fingerprint density at radius 2 is 2.10 bits per heavy atom. The second-order valence-corrected chi connectivity index (χ2v) is 7.40. The molecule has 1 aliphatic heterocycles. The van der Waals surface area contributed by atoms with Crippen molar-refractivity contribution in [3.63, 3.8) is 0 Å². The molecule has 6 nitrogen and oxygen atoms in total. The molecule has 0 radical (unpaired) electrons. The highest BCUT2D eigenvalue weighted by molar-refractivity contribution is 6.42. The number of fused-ring (bicyclic) bond motifs is 1. The molecular weight excluding hydrogens is 418 g/mol. The monoisotopic (exact) mass is 432 g/mol. The minimum absolute atomic E-state index is 0.0290. The van der Waals surface area contributed by atoms with Crippen molar-refractivity contribution in [1.29, 1.82) is 0 Å². The third-order valence-electron chi connectivity index (χ3n) is 4.69. The molecule has 1 aromatic heterocycles. The van der Waals surface area contributed by atoms with Crippen LogP contribution in [-0.4, -0.2) is 21.6 Å². The van der Waals surface area contributed by atoms with Crippen molar-refractivity contribution < 1.29 is 14.0 Å². The zero-order valence-corrected chi connectivity index (χ0v) is 16.5. The van der Waals surface area contributed by atoms with E-state index in [0.717, 1.165) is 5.56 Å². The molecular formula is C20H15Cl2FN4O2. The zero-order chi connectivity index (χ0) is 20.5. The lowest BCUT2D eigenvalue weighted by molar-refractivity contribution is -0.123. The fraction of sp³-hybridized carbons (Fsp3) is 0.150. The number of nitrogens with one attached hydrogen (secondary N) is 2. The van der Waals surface area contributed by atoms with Crippen molar-refractivity contribution in [3.05, 3.63) is 75.7 Å². The topological polar surface area (TPSA) is 76.0 Å². The summed E-state index contributed by atoms with van der Waals surface area (Å²) >= 11 is 12.3. The van der Waals surface area contributed by atoms with Crippen molar-refractivity contribution in [1.82, 2.24) is 9.78 Å². The number of benzene rings is 2. The Bertz CT molecular complexity index is 1120. The molecule has 1 aliphatic rings. The van der Waals surface area contributed by atoms with E-state index in [1.807, 2.05) is 6.07 Å². The summed E-state index contributed by atoms with van der Waals surface area (Å²) in [4.78, 5) is 24.9. The number of amides is 2. The van der Waals surface area contributed by atoms with Gasteiger partial charge >= 0.3 is 0 Å². The van der Waals surface area contributed by atoms with E-state index in [9.17, 15) is 14.0 Å². The molecule has 2 amide bonds. The van der Waals surface area contributed by atoms with Crippen molar-refractivity contribution in [2.45, 2.75) is 18.9 Å². The summed E-state index contributed by atoms with van der Waals surface area (Å²) in [6.45, 7) is 0.301. The Kier molecular flexibility index (Phi) is 5.25. The summed E-state index contributed by atoms with van der Waals surface area (Å²) in [5.74, 6) is -1.51. The number of halogens is 3. The molecule has 148 valence electrons. The lowest BCUT2D eigenvalue weighted by Gasteiger charge is -2.25. The maximum absolute atomic E-state index is 13.5. The fourth-order valence-electron chi connectivity index (χ4n) is 3.28. The van der Waals surface area contributed by atoms with Crippen molar-refractivity contribution in [2.24, 2.45) is 0 Å². The largest absolute Gasteiger partial charge is 0.326 e. The predicted octanol–water partition coefficient (Wildman–Crippen LogP) is 4.44. The molecule has 3 aromatic rings. The van der Waals surface area contributed by atoms with Crippen LogP contribution in [0.5, 0.6) is 0 Å². The summed E-state index contributed by atoms with van der Waals surface area (Å²) in [5.41, 5.74) is 1.62. The number of nitrogens with zero attached hydrogens (tertiary/aromatic N) is 2. The average Bonchev–Trinajstić information content (AvgIpc) is 3.11. The zero-order valence-electron chi connectivity index (χ0n) is 15.0. The number of hydrogen-bond acceptors (Lipinski definition) is 3. The van der Waals surface area contributed by atoms with Gasteiger partial charge in [0, 0.05) is 18.2 Å². The van der Waals surface area contributed by atoms with Crippen molar-refractivity contribution in [2.75, 3.05) is 10.6 Å². The molecule has 0 unspecified atom stereocenters. The van der Waals surface area contributed by atoms with Crippen LogP contribution in [0, 0.1) is 5.82 Å². The number of rotatable bonds is 4. The van der Waals surface area contributed by atoms with E-state index in [4.69, 9.17) is 23.2 Å². The summed E-state index contributed by atoms with van der Waals surface area (Å²) in [5, 5.41) is 10.5. The maximum atomic E-state index is 13.5. The lowest BCUT2D eigenvalue weighted by Crippen LogP contribution is -2.31. The summed E-state index contributed by atoms with van der Waals surface area (Å²) < 4.78 is 15.1. The molecule has 0 bridgehead atoms. The van der Waals surface area contributed by atoms with Crippen molar-refractivity contribution >= 4 is 46.5 Å². The molecule has 29 heavy (non-hydrogen) atoms. The van der Waals surface area contributed by atoms with Gasteiger partial charge in [-0.25, -0.2) is 9.07 Å². The first-order valence-corrected chi connectivity index (χ1v) is 9.53. The number of anilines is 2. The fourth-order valence-corrected chi connectivity index (χ4v) is 3.66. The second kappa shape index (κ2) is 7.85. The van der Waals surface area contributed by atoms with Gasteiger partial charge in [-0.3, -0.25) is 9.59 Å². The van der Waals surface area contributed by atoms with Crippen LogP contribution in [0.3, 0.4) is 0 Å². The van der Waals surface area contributed by atoms with Gasteiger partial charge in [-0.15, -0.1) is 0 Å². The Hall–Kier alpha value is -2.90. The third-order valence-corrected chi connectivity index (χ3v) is 5.55. The van der Waals surface area contributed by atoms with E-state index >= 15 is 0 Å². The van der Waals surface area contributed by atoms with Gasteiger partial charge in [0.15, 0.2) is 0 Å². The smallest absolute Gasteiger partial charge is 0.233 e. The Balaban J connectivity index is 1.57. The minimum Gasteiger partial charge on any atom is -0.326 e. The van der Waals surface area contributed by atoms with E-state index in [-0.39, 0.29) is 18.2 Å². The molecule has 0 spiro atoms. The SMILES string of the molecule is O=C1C[C@@H](C(=O)Nc2ccnn2Cc2cccc(Cl)c2Cl)c2ccc(F)cc2N1. The highest BCUT2D eigenvalue weighted by atomic mass is 35.5. The van der Waals surface area contributed by atoms with E-state index < -0.39 is 11.7 Å². The van der Waals surface area contributed by atoms with Gasteiger partial charge in [0.05, 0.1) is 28.7 Å². The number of hydrogen-bond donors (Lipinski definition) is 2. The quantitative estimate of drug-likeness (QED) is 0.639. The molecule has 4 rings (SSSR count). The first-order valence-electron chi connectivity index (χ1n) is 8.77. The van der Waals surface area contributed by atoms with E-state index in [2.05, 4.69) is 15.7 Å². The van der Waals surface area contributed by atoms with Crippen LogP contribution in [0.4, 0.5) is 15.9 Å². The van der Waals surface area contributed by atoms with Crippen LogP contribution < -0.4 is 10.6 Å². The molecule has 9 heteroatoms. The van der Waals surface area contributed by atoms with Gasteiger partial charge in [-0.05, 0) is 29.3 Å². The van der Waals surface area contributed by atoms with Gasteiger partial charge in [-0.2, -0.15) is 5.10 Å². The average molecular weight is 433 g/mol. The van der Waals surface area contributed by atoms with Gasteiger partial charge in [0.2, 0.25) is 11.8 Å². The Morgan fingerprint density at radius 1 is 1.28 bits per heavy atom. The van der Waals surface area contributed by atoms with Crippen LogP contribution in [0.15, 0.2) is 48.7 Å². The Labute approximate surface area is 175 Å². The van der Waals surface area contributed by atoms with Gasteiger partial charge in [0.1, 0.15) is 11.6 Å². The number of aromatic nitrogens is 2. The van der Waals surface area contributed by atoms with Gasteiger partial charge in [0.25, 0.3) is 0 Å². The van der Waals surface area contributed by atoms with Crippen LogP contribution >= 0.6 is 23.2 Å². The first kappa shape index (κ1) is 19.4. The van der Waals surface area contributed by atoms with E-state index in [1.165, 1.54) is 18.2 Å². The lowest BCUT2D eigenvalue weighted by atomic mass is 9.89. The third kappa shape index (κ3) is 3.97. The van der Waals surface area contributed by atoms with Crippen LogP contribution in [0.2, 0.25) is 10.0 Å². The van der Waals surface area contributed by atoms with E-state index in [0.29, 0.717) is 33.7 Å². The molecule has 2 aromatic carbocycles. The number of carbonyl (C=O) groups is 2. The standard InChI is InChI=1S/C20H15Cl2FN4O2/c21-15-3-1-2-11(19(15)22)10-27-17(6-7-24-27)26-20(29)14-9-18(28)25-16-8-12(23)4-5-13(14)16/h1-8,14H,9-10H2,(H,25,28)(H,26,29)/t14-/m1/s1. The molecule has 1 atom stereocenters. The molecule has 0 saturated carbocycles. The summed E-state index contributed by atoms with van der Waals surface area (Å²) in [7, 11) is 0. The summed E-state index contributed by atoms with van der Waals surface area (Å²) in [6, 6.07) is 10.9. The molecule has 0 saturated heterocycles. The van der Waals surface area contributed by atoms with Crippen LogP contribution in [0.25, 0.3) is 0 Å². The van der Waals surface area contributed by atoms with E-state index in [1.54, 1.807) is 29.1 Å². The Morgan fingerprint density at radius 3 is 2.93 bits per heavy atom. The summed E-state index contributed by atoms with van der Waals surface area (Å²) in [6.07, 6.45) is 1.52. The maximum Gasteiger partial charge on any atom is 0.233 e. The first-order chi connectivity index (χ1) is 13.9. The molecule has 0 aliphatic carbocycles. The van der Waals surface area contributed by atoms with Gasteiger partial charge < -0.3 is 10.6 Å². The predicted molar refractivity (Wildman–Crippen MR) is 109 cm³/mol. The second-order valence-electron chi connectivity index (χ2n) is 6.61. The molecule has 2 heterocycles. The normalized spacial score (nSPS) is 15.6. The highest BCUT2D eigenvalue weighted by Crippen LogP contribution is 2.34. The van der Waals surface area contributed by atoms with Crippen molar-refractivity contribution in [3.8, 4) is 0 Å². The highest BCUT2D eigenvalue weighted by Gasteiger charge is 2.31. The molecule has 0 fully saturated rings.